The summed E-state index contributed by atoms with van der Waals surface area (Å²) in [6.07, 6.45) is 4.11. The number of ether oxygens (including phenoxy) is 1. The van der Waals surface area contributed by atoms with Crippen molar-refractivity contribution < 1.29 is 9.53 Å². The molecule has 0 unspecified atom stereocenters. The van der Waals surface area contributed by atoms with E-state index in [1.165, 1.54) is 17.7 Å². The zero-order valence-corrected chi connectivity index (χ0v) is 11.3. The van der Waals surface area contributed by atoms with Gasteiger partial charge >= 0.3 is 6.09 Å². The minimum absolute atomic E-state index is 0.427. The fraction of sp³-hybridized carbons (Fsp3) is 0.667. The molecule has 0 saturated heterocycles. The standard InChI is InChI=1S/C12H18N2O2S/c1-12(2,3)16-11(15)14-10-13-8-6-4-5-7-9(8)17-10/h4-7H2,1-3H3,(H,13,14,15). The first-order valence-corrected chi connectivity index (χ1v) is 6.74. The maximum absolute atomic E-state index is 11.6. The molecule has 1 aliphatic rings. The normalized spacial score (nSPS) is 15.2. The van der Waals surface area contributed by atoms with Crippen LogP contribution in [0.15, 0.2) is 0 Å². The molecule has 94 valence electrons. The highest BCUT2D eigenvalue weighted by Crippen LogP contribution is 2.29. The van der Waals surface area contributed by atoms with E-state index in [0.717, 1.165) is 18.5 Å². The van der Waals surface area contributed by atoms with E-state index in [1.54, 1.807) is 11.3 Å². The van der Waals surface area contributed by atoms with Gasteiger partial charge in [-0.2, -0.15) is 0 Å². The molecule has 17 heavy (non-hydrogen) atoms. The van der Waals surface area contributed by atoms with E-state index in [2.05, 4.69) is 10.3 Å². The molecule has 2 rings (SSSR count). The van der Waals surface area contributed by atoms with Crippen molar-refractivity contribution in [1.29, 1.82) is 0 Å². The third-order valence-electron chi connectivity index (χ3n) is 2.45. The van der Waals surface area contributed by atoms with Gasteiger partial charge in [0.15, 0.2) is 5.13 Å². The van der Waals surface area contributed by atoms with Crippen LogP contribution in [0.3, 0.4) is 0 Å². The van der Waals surface area contributed by atoms with Crippen molar-refractivity contribution >= 4 is 22.6 Å². The number of anilines is 1. The molecular weight excluding hydrogens is 236 g/mol. The number of nitrogens with zero attached hydrogens (tertiary/aromatic N) is 1. The van der Waals surface area contributed by atoms with Gasteiger partial charge in [-0.15, -0.1) is 11.3 Å². The molecule has 0 aromatic carbocycles. The number of amides is 1. The second-order valence-electron chi connectivity index (χ2n) is 5.22. The Kier molecular flexibility index (Phi) is 3.38. The van der Waals surface area contributed by atoms with E-state index in [4.69, 9.17) is 4.74 Å². The van der Waals surface area contributed by atoms with Crippen LogP contribution in [0.1, 0.15) is 44.2 Å². The van der Waals surface area contributed by atoms with Crippen molar-refractivity contribution in [3.63, 3.8) is 0 Å². The Bertz CT molecular complexity index is 397. The van der Waals surface area contributed by atoms with Crippen LogP contribution in [0.2, 0.25) is 0 Å². The predicted octanol–water partition coefficient (Wildman–Crippen LogP) is 3.37. The molecule has 1 N–H and O–H groups in total. The highest BCUT2D eigenvalue weighted by Gasteiger charge is 2.19. The van der Waals surface area contributed by atoms with Crippen LogP contribution in [0.5, 0.6) is 0 Å². The summed E-state index contributed by atoms with van der Waals surface area (Å²) in [5.41, 5.74) is 0.674. The molecule has 1 aromatic heterocycles. The summed E-state index contributed by atoms with van der Waals surface area (Å²) in [5, 5.41) is 3.36. The third-order valence-corrected chi connectivity index (χ3v) is 3.53. The second-order valence-corrected chi connectivity index (χ2v) is 6.31. The lowest BCUT2D eigenvalue weighted by Gasteiger charge is -2.18. The molecular formula is C12H18N2O2S. The van der Waals surface area contributed by atoms with Crippen LogP contribution in [-0.2, 0) is 17.6 Å². The van der Waals surface area contributed by atoms with Crippen LogP contribution in [0.25, 0.3) is 0 Å². The Morgan fingerprint density at radius 3 is 2.71 bits per heavy atom. The lowest BCUT2D eigenvalue weighted by atomic mass is 10.0. The summed E-state index contributed by atoms with van der Waals surface area (Å²) in [6.45, 7) is 5.54. The Balaban J connectivity index is 1.99. The molecule has 0 bridgehead atoms. The fourth-order valence-electron chi connectivity index (χ4n) is 1.80. The first-order chi connectivity index (χ1) is 7.94. The Hall–Kier alpha value is -1.10. The first-order valence-electron chi connectivity index (χ1n) is 5.92. The zero-order chi connectivity index (χ0) is 12.5. The first kappa shape index (κ1) is 12.4. The maximum atomic E-state index is 11.6. The third kappa shape index (κ3) is 3.43. The average molecular weight is 254 g/mol. The summed E-state index contributed by atoms with van der Waals surface area (Å²) in [6, 6.07) is 0. The molecule has 4 nitrogen and oxygen atoms in total. The zero-order valence-electron chi connectivity index (χ0n) is 10.5. The molecule has 1 heterocycles. The van der Waals surface area contributed by atoms with Crippen molar-refractivity contribution in [3.05, 3.63) is 10.6 Å². The molecule has 0 radical (unpaired) electrons. The number of fused-ring (bicyclic) bond motifs is 1. The number of thiazole rings is 1. The molecule has 1 amide bonds. The van der Waals surface area contributed by atoms with Gasteiger partial charge < -0.3 is 4.74 Å². The van der Waals surface area contributed by atoms with Gasteiger partial charge in [-0.3, -0.25) is 5.32 Å². The van der Waals surface area contributed by atoms with E-state index in [1.807, 2.05) is 20.8 Å². The number of hydrogen-bond donors (Lipinski definition) is 1. The number of aryl methyl sites for hydroxylation is 2. The van der Waals surface area contributed by atoms with Gasteiger partial charge in [0.2, 0.25) is 0 Å². The number of aromatic nitrogens is 1. The summed E-state index contributed by atoms with van der Waals surface area (Å²) in [7, 11) is 0. The van der Waals surface area contributed by atoms with Crippen molar-refractivity contribution in [2.45, 2.75) is 52.1 Å². The highest BCUT2D eigenvalue weighted by atomic mass is 32.1. The summed E-state index contributed by atoms with van der Waals surface area (Å²) < 4.78 is 5.19. The molecule has 0 aliphatic heterocycles. The summed E-state index contributed by atoms with van der Waals surface area (Å²) in [5.74, 6) is 0. The van der Waals surface area contributed by atoms with Crippen molar-refractivity contribution in [2.24, 2.45) is 0 Å². The highest BCUT2D eigenvalue weighted by molar-refractivity contribution is 7.15. The van der Waals surface area contributed by atoms with Gasteiger partial charge in [-0.1, -0.05) is 0 Å². The Labute approximate surface area is 105 Å². The van der Waals surface area contributed by atoms with Crippen LogP contribution < -0.4 is 5.32 Å². The van der Waals surface area contributed by atoms with Gasteiger partial charge in [-0.25, -0.2) is 9.78 Å². The lowest BCUT2D eigenvalue weighted by molar-refractivity contribution is 0.0636. The monoisotopic (exact) mass is 254 g/mol. The number of nitrogens with one attached hydrogen (secondary N) is 1. The number of rotatable bonds is 1. The van der Waals surface area contributed by atoms with Gasteiger partial charge in [0, 0.05) is 4.88 Å². The minimum atomic E-state index is -0.471. The van der Waals surface area contributed by atoms with E-state index in [-0.39, 0.29) is 0 Å². The van der Waals surface area contributed by atoms with Gasteiger partial charge in [0.25, 0.3) is 0 Å². The van der Waals surface area contributed by atoms with Crippen LogP contribution in [0.4, 0.5) is 9.93 Å². The number of carbonyl (C=O) groups is 1. The van der Waals surface area contributed by atoms with Crippen molar-refractivity contribution in [2.75, 3.05) is 5.32 Å². The van der Waals surface area contributed by atoms with E-state index >= 15 is 0 Å². The Morgan fingerprint density at radius 1 is 1.35 bits per heavy atom. The molecule has 1 aliphatic carbocycles. The van der Waals surface area contributed by atoms with E-state index in [0.29, 0.717) is 5.13 Å². The quantitative estimate of drug-likeness (QED) is 0.836. The summed E-state index contributed by atoms with van der Waals surface area (Å²) in [4.78, 5) is 17.3. The summed E-state index contributed by atoms with van der Waals surface area (Å²) >= 11 is 1.57. The Morgan fingerprint density at radius 2 is 2.06 bits per heavy atom. The van der Waals surface area contributed by atoms with Crippen molar-refractivity contribution in [1.82, 2.24) is 4.98 Å². The average Bonchev–Trinajstić information content (AvgIpc) is 2.55. The smallest absolute Gasteiger partial charge is 0.413 e. The SMILES string of the molecule is CC(C)(C)OC(=O)Nc1nc2c(s1)CCCC2. The fourth-order valence-corrected chi connectivity index (χ4v) is 2.83. The van der Waals surface area contributed by atoms with Gasteiger partial charge in [-0.05, 0) is 46.5 Å². The van der Waals surface area contributed by atoms with E-state index < -0.39 is 11.7 Å². The number of hydrogen-bond acceptors (Lipinski definition) is 4. The van der Waals surface area contributed by atoms with Crippen LogP contribution in [0, 0.1) is 0 Å². The minimum Gasteiger partial charge on any atom is -0.444 e. The van der Waals surface area contributed by atoms with Gasteiger partial charge in [0.05, 0.1) is 5.69 Å². The van der Waals surface area contributed by atoms with Crippen molar-refractivity contribution in [3.8, 4) is 0 Å². The largest absolute Gasteiger partial charge is 0.444 e. The molecule has 0 saturated carbocycles. The number of carbonyl (C=O) groups excluding carboxylic acids is 1. The lowest BCUT2D eigenvalue weighted by Crippen LogP contribution is -2.27. The predicted molar refractivity (Wildman–Crippen MR) is 68.6 cm³/mol. The molecule has 5 heteroatoms. The molecule has 1 aromatic rings. The molecule has 0 spiro atoms. The second kappa shape index (κ2) is 4.64. The van der Waals surface area contributed by atoms with Crippen LogP contribution in [-0.4, -0.2) is 16.7 Å². The molecule has 0 fully saturated rings. The van der Waals surface area contributed by atoms with Crippen LogP contribution >= 0.6 is 11.3 Å². The topological polar surface area (TPSA) is 51.2 Å². The maximum Gasteiger partial charge on any atom is 0.413 e. The molecule has 0 atom stereocenters. The van der Waals surface area contributed by atoms with Gasteiger partial charge in [0.1, 0.15) is 5.60 Å². The van der Waals surface area contributed by atoms with E-state index in [9.17, 15) is 4.79 Å².